The maximum atomic E-state index is 11.8. The van der Waals surface area contributed by atoms with E-state index in [1.807, 2.05) is 18.2 Å². The molecule has 1 aliphatic rings. The van der Waals surface area contributed by atoms with E-state index in [9.17, 15) is 10.1 Å². The predicted molar refractivity (Wildman–Crippen MR) is 129 cm³/mol. The molecule has 10 nitrogen and oxygen atoms in total. The molecular weight excluding hydrogens is 474 g/mol. The molecule has 0 radical (unpaired) electrons. The van der Waals surface area contributed by atoms with Crippen LogP contribution in [0.25, 0.3) is 10.9 Å². The Balaban J connectivity index is 1.39. The number of ether oxygens (including phenoxy) is 3. The molecule has 0 spiro atoms. The summed E-state index contributed by atoms with van der Waals surface area (Å²) < 4.78 is 16.9. The van der Waals surface area contributed by atoms with Gasteiger partial charge >= 0.3 is 5.69 Å². The molecule has 0 saturated carbocycles. The van der Waals surface area contributed by atoms with Gasteiger partial charge in [0.25, 0.3) is 0 Å². The van der Waals surface area contributed by atoms with Gasteiger partial charge in [-0.1, -0.05) is 17.7 Å². The summed E-state index contributed by atoms with van der Waals surface area (Å²) >= 11 is 6.41. The summed E-state index contributed by atoms with van der Waals surface area (Å²) in [4.78, 5) is 24.0. The third-order valence-electron chi connectivity index (χ3n) is 5.39. The predicted octanol–water partition coefficient (Wildman–Crippen LogP) is 5.08. The van der Waals surface area contributed by atoms with Crippen molar-refractivity contribution in [2.24, 2.45) is 0 Å². The summed E-state index contributed by atoms with van der Waals surface area (Å²) in [6.07, 6.45) is 3.52. The lowest BCUT2D eigenvalue weighted by molar-refractivity contribution is -0.385. The molecule has 1 unspecified atom stereocenters. The number of benzene rings is 2. The molecule has 1 fully saturated rings. The summed E-state index contributed by atoms with van der Waals surface area (Å²) in [5, 5.41) is 15.8. The van der Waals surface area contributed by atoms with Crippen molar-refractivity contribution in [3.8, 4) is 11.5 Å². The van der Waals surface area contributed by atoms with Crippen molar-refractivity contribution in [2.75, 3.05) is 18.5 Å². The Bertz CT molecular complexity index is 1370. The minimum absolute atomic E-state index is 0.153. The molecule has 2 aromatic carbocycles. The zero-order valence-electron chi connectivity index (χ0n) is 18.4. The van der Waals surface area contributed by atoms with Gasteiger partial charge in [-0.2, -0.15) is 0 Å². The van der Waals surface area contributed by atoms with E-state index in [2.05, 4.69) is 20.3 Å². The van der Waals surface area contributed by atoms with Gasteiger partial charge in [0.2, 0.25) is 0 Å². The molecule has 1 N–H and O–H groups in total. The van der Waals surface area contributed by atoms with Gasteiger partial charge in [-0.15, -0.1) is 0 Å². The standard InChI is InChI=1S/C24H20ClN5O5/c25-19-9-15(4-5-22(19)34-12-16-3-1-2-7-26-16)29-24-18-10-21(30(31)32)23(11-20(18)27-14-28-24)35-17-6-8-33-13-17/h1-5,7,9-11,14,17H,6,8,12-13H2,(H,27,28,29). The van der Waals surface area contributed by atoms with Crippen LogP contribution >= 0.6 is 11.6 Å². The lowest BCUT2D eigenvalue weighted by atomic mass is 10.2. The normalized spacial score (nSPS) is 15.2. The summed E-state index contributed by atoms with van der Waals surface area (Å²) in [6, 6.07) is 13.7. The minimum atomic E-state index is -0.480. The van der Waals surface area contributed by atoms with Gasteiger partial charge in [-0.05, 0) is 30.3 Å². The van der Waals surface area contributed by atoms with E-state index in [1.165, 1.54) is 12.4 Å². The molecule has 4 aromatic rings. The molecule has 0 amide bonds. The number of anilines is 2. The zero-order valence-corrected chi connectivity index (χ0v) is 19.1. The van der Waals surface area contributed by atoms with Crippen LogP contribution < -0.4 is 14.8 Å². The van der Waals surface area contributed by atoms with Gasteiger partial charge in [-0.25, -0.2) is 9.97 Å². The van der Waals surface area contributed by atoms with Crippen LogP contribution in [0.15, 0.2) is 61.1 Å². The number of rotatable bonds is 8. The summed E-state index contributed by atoms with van der Waals surface area (Å²) in [7, 11) is 0. The van der Waals surface area contributed by atoms with Crippen molar-refractivity contribution >= 4 is 39.7 Å². The van der Waals surface area contributed by atoms with E-state index < -0.39 is 4.92 Å². The smallest absolute Gasteiger partial charge is 0.311 e. The fourth-order valence-corrected chi connectivity index (χ4v) is 3.90. The van der Waals surface area contributed by atoms with E-state index in [0.717, 1.165) is 5.69 Å². The quantitative estimate of drug-likeness (QED) is 0.264. The third-order valence-corrected chi connectivity index (χ3v) is 5.69. The first-order chi connectivity index (χ1) is 17.1. The number of nitro benzene ring substituents is 1. The SMILES string of the molecule is O=[N+]([O-])c1cc2c(Nc3ccc(OCc4ccccn4)c(Cl)c3)ncnc2cc1OC1CCOC1. The number of nitro groups is 1. The van der Waals surface area contributed by atoms with Gasteiger partial charge < -0.3 is 19.5 Å². The summed E-state index contributed by atoms with van der Waals surface area (Å²) in [5.41, 5.74) is 1.75. The molecule has 1 aliphatic heterocycles. The van der Waals surface area contributed by atoms with Crippen LogP contribution in [0.1, 0.15) is 12.1 Å². The Labute approximate surface area is 205 Å². The average Bonchev–Trinajstić information content (AvgIpc) is 3.37. The number of hydrogen-bond acceptors (Lipinski definition) is 9. The fraction of sp³-hybridized carbons (Fsp3) is 0.208. The fourth-order valence-electron chi connectivity index (χ4n) is 3.66. The van der Waals surface area contributed by atoms with Crippen LogP contribution in [-0.4, -0.2) is 39.2 Å². The molecular formula is C24H20ClN5O5. The topological polar surface area (TPSA) is 122 Å². The zero-order chi connectivity index (χ0) is 24.2. The lowest BCUT2D eigenvalue weighted by Gasteiger charge is -2.14. The highest BCUT2D eigenvalue weighted by atomic mass is 35.5. The van der Waals surface area contributed by atoms with Gasteiger partial charge in [0.15, 0.2) is 5.75 Å². The van der Waals surface area contributed by atoms with Crippen molar-refractivity contribution < 1.29 is 19.1 Å². The molecule has 0 aliphatic carbocycles. The van der Waals surface area contributed by atoms with Crippen LogP contribution in [0, 0.1) is 10.1 Å². The van der Waals surface area contributed by atoms with Crippen molar-refractivity contribution in [3.05, 3.63) is 81.9 Å². The second-order valence-electron chi connectivity index (χ2n) is 7.80. The second-order valence-corrected chi connectivity index (χ2v) is 8.21. The number of hydrogen-bond donors (Lipinski definition) is 1. The van der Waals surface area contributed by atoms with Crippen LogP contribution in [0.5, 0.6) is 11.5 Å². The first-order valence-corrected chi connectivity index (χ1v) is 11.2. The van der Waals surface area contributed by atoms with Gasteiger partial charge in [0.1, 0.15) is 30.6 Å². The first-order valence-electron chi connectivity index (χ1n) is 10.8. The van der Waals surface area contributed by atoms with Gasteiger partial charge in [-0.3, -0.25) is 15.1 Å². The first kappa shape index (κ1) is 22.8. The Morgan fingerprint density at radius 1 is 1.14 bits per heavy atom. The molecule has 1 atom stereocenters. The monoisotopic (exact) mass is 493 g/mol. The van der Waals surface area contributed by atoms with Crippen LogP contribution in [0.3, 0.4) is 0 Å². The highest BCUT2D eigenvalue weighted by molar-refractivity contribution is 6.32. The molecule has 11 heteroatoms. The maximum absolute atomic E-state index is 11.8. The average molecular weight is 494 g/mol. The third kappa shape index (κ3) is 5.23. The van der Waals surface area contributed by atoms with E-state index in [4.69, 9.17) is 25.8 Å². The Hall–Kier alpha value is -4.02. The Morgan fingerprint density at radius 3 is 2.80 bits per heavy atom. The highest BCUT2D eigenvalue weighted by Gasteiger charge is 2.24. The van der Waals surface area contributed by atoms with Crippen molar-refractivity contribution in [1.82, 2.24) is 15.0 Å². The van der Waals surface area contributed by atoms with Crippen molar-refractivity contribution in [3.63, 3.8) is 0 Å². The van der Waals surface area contributed by atoms with Crippen LogP contribution in [0.2, 0.25) is 5.02 Å². The summed E-state index contributed by atoms with van der Waals surface area (Å²) in [5.74, 6) is 1.05. The number of nitrogens with zero attached hydrogens (tertiary/aromatic N) is 4. The highest BCUT2D eigenvalue weighted by Crippen LogP contribution is 2.36. The molecule has 2 aromatic heterocycles. The number of nitrogens with one attached hydrogen (secondary N) is 1. The molecule has 3 heterocycles. The number of pyridine rings is 1. The molecule has 1 saturated heterocycles. The molecule has 5 rings (SSSR count). The molecule has 35 heavy (non-hydrogen) atoms. The van der Waals surface area contributed by atoms with Crippen LogP contribution in [-0.2, 0) is 11.3 Å². The van der Waals surface area contributed by atoms with E-state index >= 15 is 0 Å². The molecule has 178 valence electrons. The Morgan fingerprint density at radius 2 is 2.06 bits per heavy atom. The lowest BCUT2D eigenvalue weighted by Crippen LogP contribution is -2.16. The van der Waals surface area contributed by atoms with E-state index in [1.54, 1.807) is 30.5 Å². The number of aromatic nitrogens is 3. The number of fused-ring (bicyclic) bond motifs is 1. The molecule has 0 bridgehead atoms. The largest absolute Gasteiger partial charge is 0.486 e. The van der Waals surface area contributed by atoms with E-state index in [-0.39, 0.29) is 24.1 Å². The van der Waals surface area contributed by atoms with Crippen molar-refractivity contribution in [2.45, 2.75) is 19.1 Å². The van der Waals surface area contributed by atoms with E-state index in [0.29, 0.717) is 52.8 Å². The van der Waals surface area contributed by atoms with Crippen LogP contribution in [0.4, 0.5) is 17.2 Å². The minimum Gasteiger partial charge on any atom is -0.486 e. The van der Waals surface area contributed by atoms with Crippen molar-refractivity contribution in [1.29, 1.82) is 0 Å². The summed E-state index contributed by atoms with van der Waals surface area (Å²) in [6.45, 7) is 1.25. The van der Waals surface area contributed by atoms with Gasteiger partial charge in [0, 0.05) is 30.4 Å². The van der Waals surface area contributed by atoms with Gasteiger partial charge in [0.05, 0.1) is 39.8 Å². The second kappa shape index (κ2) is 10.1. The maximum Gasteiger partial charge on any atom is 0.311 e. The Kier molecular flexibility index (Phi) is 6.55. The number of halogens is 1.